The van der Waals surface area contributed by atoms with Gasteiger partial charge in [-0.15, -0.1) is 0 Å². The lowest BCUT2D eigenvalue weighted by molar-refractivity contribution is 0.764. The molecule has 0 N–H and O–H groups in total. The first-order chi connectivity index (χ1) is 15.0. The maximum atomic E-state index is 13.4. The topological polar surface area (TPSA) is 69.8 Å². The zero-order chi connectivity index (χ0) is 21.5. The molecular formula is C25H20N4O2. The van der Waals surface area contributed by atoms with Crippen LogP contribution in [-0.4, -0.2) is 19.1 Å². The van der Waals surface area contributed by atoms with Crippen LogP contribution in [0, 0.1) is 13.8 Å². The third-order valence-corrected chi connectivity index (χ3v) is 5.72. The van der Waals surface area contributed by atoms with Crippen LogP contribution in [-0.2, 0) is 6.54 Å². The Kier molecular flexibility index (Phi) is 4.47. The van der Waals surface area contributed by atoms with Crippen LogP contribution in [0.15, 0.2) is 83.0 Å². The molecule has 0 aliphatic heterocycles. The number of rotatable bonds is 3. The maximum Gasteiger partial charge on any atom is 0.265 e. The molecule has 5 aromatic rings. The van der Waals surface area contributed by atoms with Gasteiger partial charge in [-0.2, -0.15) is 0 Å². The minimum atomic E-state index is -0.191. The summed E-state index contributed by atoms with van der Waals surface area (Å²) in [6.07, 6.45) is 8.45. The molecule has 1 aromatic carbocycles. The van der Waals surface area contributed by atoms with Gasteiger partial charge < -0.3 is 4.57 Å². The van der Waals surface area contributed by atoms with Crippen LogP contribution in [0.5, 0.6) is 0 Å². The maximum absolute atomic E-state index is 13.4. The van der Waals surface area contributed by atoms with Gasteiger partial charge >= 0.3 is 0 Å². The van der Waals surface area contributed by atoms with Crippen molar-refractivity contribution in [3.63, 3.8) is 0 Å². The van der Waals surface area contributed by atoms with Crippen molar-refractivity contribution in [2.75, 3.05) is 0 Å². The number of benzene rings is 1. The van der Waals surface area contributed by atoms with Crippen LogP contribution in [0.1, 0.15) is 16.7 Å². The zero-order valence-electron chi connectivity index (χ0n) is 17.2. The van der Waals surface area contributed by atoms with E-state index in [0.29, 0.717) is 28.2 Å². The predicted molar refractivity (Wildman–Crippen MR) is 122 cm³/mol. The van der Waals surface area contributed by atoms with Gasteiger partial charge in [-0.3, -0.25) is 24.1 Å². The second-order valence-corrected chi connectivity index (χ2v) is 7.72. The molecule has 31 heavy (non-hydrogen) atoms. The van der Waals surface area contributed by atoms with Crippen molar-refractivity contribution in [2.24, 2.45) is 0 Å². The Labute approximate surface area is 178 Å². The lowest BCUT2D eigenvalue weighted by Crippen LogP contribution is -2.22. The number of fused-ring (bicyclic) bond motifs is 3. The van der Waals surface area contributed by atoms with Crippen molar-refractivity contribution in [2.45, 2.75) is 20.4 Å². The molecule has 0 fully saturated rings. The molecule has 6 heteroatoms. The van der Waals surface area contributed by atoms with E-state index in [9.17, 15) is 9.59 Å². The van der Waals surface area contributed by atoms with Crippen LogP contribution in [0.4, 0.5) is 0 Å². The fourth-order valence-electron chi connectivity index (χ4n) is 3.85. The van der Waals surface area contributed by atoms with E-state index in [0.717, 1.165) is 16.8 Å². The summed E-state index contributed by atoms with van der Waals surface area (Å²) in [7, 11) is 0. The molecular weight excluding hydrogens is 388 g/mol. The number of hydrogen-bond acceptors (Lipinski definition) is 4. The SMILES string of the molecule is Cc1ccc(-n2ccc3ncc4c(=O)n(Cc5cccnc5)ccc4c3c2=O)cc1C. The first-order valence-corrected chi connectivity index (χ1v) is 10.0. The van der Waals surface area contributed by atoms with E-state index in [2.05, 4.69) is 9.97 Å². The summed E-state index contributed by atoms with van der Waals surface area (Å²) in [6.45, 7) is 4.46. The van der Waals surface area contributed by atoms with Gasteiger partial charge in [0.25, 0.3) is 11.1 Å². The number of pyridine rings is 4. The van der Waals surface area contributed by atoms with Crippen molar-refractivity contribution in [3.05, 3.63) is 111 Å². The smallest absolute Gasteiger partial charge is 0.265 e. The van der Waals surface area contributed by atoms with Gasteiger partial charge in [0.05, 0.1) is 22.8 Å². The van der Waals surface area contributed by atoms with Crippen molar-refractivity contribution in [1.29, 1.82) is 0 Å². The van der Waals surface area contributed by atoms with Gasteiger partial charge in [-0.1, -0.05) is 12.1 Å². The lowest BCUT2D eigenvalue weighted by Gasteiger charge is -2.11. The predicted octanol–water partition coefficient (Wildman–Crippen LogP) is 3.76. The Hall–Kier alpha value is -4.06. The lowest BCUT2D eigenvalue weighted by atomic mass is 10.1. The van der Waals surface area contributed by atoms with Gasteiger partial charge in [0.2, 0.25) is 0 Å². The van der Waals surface area contributed by atoms with E-state index < -0.39 is 0 Å². The number of aromatic nitrogens is 4. The Balaban J connectivity index is 1.72. The van der Waals surface area contributed by atoms with E-state index in [1.54, 1.807) is 40.1 Å². The average Bonchev–Trinajstić information content (AvgIpc) is 2.78. The summed E-state index contributed by atoms with van der Waals surface area (Å²) in [4.78, 5) is 35.1. The summed E-state index contributed by atoms with van der Waals surface area (Å²) in [5, 5.41) is 1.48. The Morgan fingerprint density at radius 3 is 2.52 bits per heavy atom. The summed E-state index contributed by atoms with van der Waals surface area (Å²) in [6, 6.07) is 13.3. The van der Waals surface area contributed by atoms with E-state index >= 15 is 0 Å². The van der Waals surface area contributed by atoms with Crippen LogP contribution in [0.3, 0.4) is 0 Å². The molecule has 0 saturated heterocycles. The van der Waals surface area contributed by atoms with Gasteiger partial charge in [0.1, 0.15) is 0 Å². The molecule has 0 aliphatic carbocycles. The quantitative estimate of drug-likeness (QED) is 0.426. The molecule has 0 radical (unpaired) electrons. The second-order valence-electron chi connectivity index (χ2n) is 7.72. The molecule has 6 nitrogen and oxygen atoms in total. The van der Waals surface area contributed by atoms with Crippen LogP contribution < -0.4 is 11.1 Å². The van der Waals surface area contributed by atoms with Crippen molar-refractivity contribution < 1.29 is 0 Å². The van der Waals surface area contributed by atoms with E-state index in [-0.39, 0.29) is 11.1 Å². The molecule has 0 aliphatic rings. The van der Waals surface area contributed by atoms with Crippen LogP contribution in [0.25, 0.3) is 27.4 Å². The molecule has 4 heterocycles. The third-order valence-electron chi connectivity index (χ3n) is 5.72. The van der Waals surface area contributed by atoms with E-state index in [1.165, 1.54) is 5.56 Å². The fraction of sp³-hybridized carbons (Fsp3) is 0.120. The largest absolute Gasteiger partial charge is 0.310 e. The number of hydrogen-bond donors (Lipinski definition) is 0. The summed E-state index contributed by atoms with van der Waals surface area (Å²) >= 11 is 0. The first-order valence-electron chi connectivity index (χ1n) is 10.0. The molecule has 0 atom stereocenters. The third kappa shape index (κ3) is 3.22. The standard InChI is InChI=1S/C25H20N4O2/c1-16-5-6-19(12-17(16)2)29-11-8-22-23(25(29)31)20-7-10-28(24(30)21(20)14-27-22)15-18-4-3-9-26-13-18/h3-14H,15H2,1-2H3. The second kappa shape index (κ2) is 7.32. The Morgan fingerprint density at radius 1 is 0.871 bits per heavy atom. The monoisotopic (exact) mass is 408 g/mol. The highest BCUT2D eigenvalue weighted by Crippen LogP contribution is 2.20. The summed E-state index contributed by atoms with van der Waals surface area (Å²) < 4.78 is 3.22. The van der Waals surface area contributed by atoms with Gasteiger partial charge in [-0.25, -0.2) is 0 Å². The number of aryl methyl sites for hydroxylation is 2. The van der Waals surface area contributed by atoms with E-state index in [4.69, 9.17) is 0 Å². The minimum absolute atomic E-state index is 0.184. The Bertz CT molecular complexity index is 1570. The highest BCUT2D eigenvalue weighted by atomic mass is 16.1. The Morgan fingerprint density at radius 2 is 1.74 bits per heavy atom. The highest BCUT2D eigenvalue weighted by molar-refractivity contribution is 6.04. The number of nitrogens with zero attached hydrogens (tertiary/aromatic N) is 4. The van der Waals surface area contributed by atoms with Crippen molar-refractivity contribution in [1.82, 2.24) is 19.1 Å². The van der Waals surface area contributed by atoms with Gasteiger partial charge in [0, 0.05) is 42.1 Å². The molecule has 0 spiro atoms. The van der Waals surface area contributed by atoms with Gasteiger partial charge in [-0.05, 0) is 60.9 Å². The minimum Gasteiger partial charge on any atom is -0.310 e. The average molecular weight is 408 g/mol. The van der Waals surface area contributed by atoms with E-state index in [1.807, 2.05) is 56.3 Å². The first kappa shape index (κ1) is 18.9. The van der Waals surface area contributed by atoms with Gasteiger partial charge in [0.15, 0.2) is 0 Å². The summed E-state index contributed by atoms with van der Waals surface area (Å²) in [5.41, 5.74) is 4.19. The van der Waals surface area contributed by atoms with Crippen LogP contribution in [0.2, 0.25) is 0 Å². The highest BCUT2D eigenvalue weighted by Gasteiger charge is 2.13. The zero-order valence-corrected chi connectivity index (χ0v) is 17.2. The molecule has 152 valence electrons. The summed E-state index contributed by atoms with van der Waals surface area (Å²) in [5.74, 6) is 0. The molecule has 0 unspecified atom stereocenters. The fourth-order valence-corrected chi connectivity index (χ4v) is 3.85. The molecule has 4 aromatic heterocycles. The normalized spacial score (nSPS) is 11.3. The van der Waals surface area contributed by atoms with Crippen molar-refractivity contribution in [3.8, 4) is 5.69 Å². The van der Waals surface area contributed by atoms with Crippen molar-refractivity contribution >= 4 is 21.7 Å². The molecule has 5 rings (SSSR count). The molecule has 0 bridgehead atoms. The van der Waals surface area contributed by atoms with Crippen LogP contribution >= 0.6 is 0 Å². The molecule has 0 amide bonds. The molecule has 0 saturated carbocycles.